The van der Waals surface area contributed by atoms with Crippen LogP contribution in [-0.2, 0) is 16.0 Å². The standard InChI is InChI=1S/C16H18FNO4/c1-3-13(19)16(2,17)14(20)18-12(10-22-15(18)21)9-11-7-5-4-6-8-11/h3-8,12-13,19H,1,9-10H2,2H3/t12?,13-,16?/m1/s1. The Hall–Kier alpha value is -2.21. The van der Waals surface area contributed by atoms with E-state index < -0.39 is 29.8 Å². The van der Waals surface area contributed by atoms with Gasteiger partial charge in [0.2, 0.25) is 5.67 Å². The van der Waals surface area contributed by atoms with E-state index in [1.807, 2.05) is 30.3 Å². The van der Waals surface area contributed by atoms with Gasteiger partial charge >= 0.3 is 6.09 Å². The molecule has 0 bridgehead atoms. The van der Waals surface area contributed by atoms with Gasteiger partial charge in [-0.15, -0.1) is 6.58 Å². The molecule has 2 amide bonds. The Labute approximate surface area is 128 Å². The van der Waals surface area contributed by atoms with Gasteiger partial charge in [-0.05, 0) is 18.9 Å². The van der Waals surface area contributed by atoms with Crippen LogP contribution in [0, 0.1) is 0 Å². The Kier molecular flexibility index (Phi) is 4.61. The van der Waals surface area contributed by atoms with Crippen LogP contribution in [0.1, 0.15) is 12.5 Å². The van der Waals surface area contributed by atoms with E-state index in [-0.39, 0.29) is 6.61 Å². The highest BCUT2D eigenvalue weighted by Crippen LogP contribution is 2.26. The number of benzene rings is 1. The first-order valence-electron chi connectivity index (χ1n) is 6.91. The first-order valence-corrected chi connectivity index (χ1v) is 6.91. The number of hydrogen-bond donors (Lipinski definition) is 1. The van der Waals surface area contributed by atoms with Crippen molar-refractivity contribution in [3.63, 3.8) is 0 Å². The molecule has 5 nitrogen and oxygen atoms in total. The predicted octanol–water partition coefficient (Wildman–Crippen LogP) is 1.85. The first kappa shape index (κ1) is 16.2. The number of aliphatic hydroxyl groups is 1. The van der Waals surface area contributed by atoms with E-state index in [1.54, 1.807) is 0 Å². The molecule has 2 rings (SSSR count). The molecule has 6 heteroatoms. The minimum Gasteiger partial charge on any atom is -0.447 e. The van der Waals surface area contributed by atoms with E-state index in [9.17, 15) is 19.1 Å². The lowest BCUT2D eigenvalue weighted by atomic mass is 9.97. The van der Waals surface area contributed by atoms with Crippen molar-refractivity contribution < 1.29 is 23.8 Å². The van der Waals surface area contributed by atoms with Crippen molar-refractivity contribution in [3.05, 3.63) is 48.6 Å². The summed E-state index contributed by atoms with van der Waals surface area (Å²) in [4.78, 5) is 24.9. The monoisotopic (exact) mass is 307 g/mol. The maximum Gasteiger partial charge on any atom is 0.417 e. The molecule has 1 aromatic carbocycles. The number of carbonyl (C=O) groups is 2. The van der Waals surface area contributed by atoms with Gasteiger partial charge in [0.1, 0.15) is 12.7 Å². The molecule has 0 aliphatic carbocycles. The Morgan fingerprint density at radius 2 is 2.23 bits per heavy atom. The third-order valence-electron chi connectivity index (χ3n) is 3.69. The highest BCUT2D eigenvalue weighted by molar-refractivity contribution is 5.98. The van der Waals surface area contributed by atoms with E-state index in [0.717, 1.165) is 23.5 Å². The molecule has 1 aliphatic heterocycles. The van der Waals surface area contributed by atoms with E-state index >= 15 is 0 Å². The summed E-state index contributed by atoms with van der Waals surface area (Å²) in [5.41, 5.74) is -1.74. The molecular weight excluding hydrogens is 289 g/mol. The van der Waals surface area contributed by atoms with Crippen LogP contribution in [0.15, 0.2) is 43.0 Å². The first-order chi connectivity index (χ1) is 10.4. The molecule has 0 saturated carbocycles. The molecule has 2 unspecified atom stereocenters. The average molecular weight is 307 g/mol. The van der Waals surface area contributed by atoms with E-state index in [0.29, 0.717) is 6.42 Å². The van der Waals surface area contributed by atoms with Crippen molar-refractivity contribution in [3.8, 4) is 0 Å². The van der Waals surface area contributed by atoms with Crippen LogP contribution in [0.25, 0.3) is 0 Å². The van der Waals surface area contributed by atoms with Gasteiger partial charge in [-0.3, -0.25) is 4.79 Å². The number of hydrogen-bond acceptors (Lipinski definition) is 4. The number of ether oxygens (including phenoxy) is 1. The molecule has 0 spiro atoms. The second kappa shape index (κ2) is 6.27. The van der Waals surface area contributed by atoms with Crippen molar-refractivity contribution in [1.29, 1.82) is 0 Å². The molecule has 1 heterocycles. The minimum absolute atomic E-state index is 0.000266. The smallest absolute Gasteiger partial charge is 0.417 e. The zero-order valence-corrected chi connectivity index (χ0v) is 12.2. The van der Waals surface area contributed by atoms with Gasteiger partial charge < -0.3 is 9.84 Å². The van der Waals surface area contributed by atoms with Crippen LogP contribution >= 0.6 is 0 Å². The highest BCUT2D eigenvalue weighted by atomic mass is 19.1. The second-order valence-electron chi connectivity index (χ2n) is 5.35. The lowest BCUT2D eigenvalue weighted by molar-refractivity contribution is -0.146. The van der Waals surface area contributed by atoms with E-state index in [4.69, 9.17) is 4.74 Å². The molecule has 118 valence electrons. The summed E-state index contributed by atoms with van der Waals surface area (Å²) in [5.74, 6) is -1.12. The average Bonchev–Trinajstić information content (AvgIpc) is 2.87. The van der Waals surface area contributed by atoms with Crippen LogP contribution in [0.4, 0.5) is 9.18 Å². The Balaban J connectivity index is 2.21. The third kappa shape index (κ3) is 3.01. The van der Waals surface area contributed by atoms with Crippen LogP contribution in [0.5, 0.6) is 0 Å². The van der Waals surface area contributed by atoms with Crippen LogP contribution in [0.3, 0.4) is 0 Å². The lowest BCUT2D eigenvalue weighted by Crippen LogP contribution is -2.53. The SMILES string of the molecule is C=C[C@@H](O)C(C)(F)C(=O)N1C(=O)OCC1Cc1ccccc1. The molecular formula is C16H18FNO4. The van der Waals surface area contributed by atoms with Crippen molar-refractivity contribution in [2.45, 2.75) is 31.2 Å². The number of halogens is 1. The summed E-state index contributed by atoms with van der Waals surface area (Å²) in [7, 11) is 0. The Morgan fingerprint density at radius 1 is 1.59 bits per heavy atom. The van der Waals surface area contributed by atoms with Gasteiger partial charge in [-0.2, -0.15) is 0 Å². The summed E-state index contributed by atoms with van der Waals surface area (Å²) in [6.07, 6.45) is -1.32. The summed E-state index contributed by atoms with van der Waals surface area (Å²) < 4.78 is 19.4. The quantitative estimate of drug-likeness (QED) is 0.843. The molecule has 1 aromatic rings. The van der Waals surface area contributed by atoms with Gasteiger partial charge in [-0.25, -0.2) is 14.1 Å². The number of alkyl halides is 1. The number of imide groups is 1. The summed E-state index contributed by atoms with van der Waals surface area (Å²) in [5, 5.41) is 9.59. The van der Waals surface area contributed by atoms with Crippen molar-refractivity contribution in [2.24, 2.45) is 0 Å². The fourth-order valence-electron chi connectivity index (χ4n) is 2.33. The molecule has 3 atom stereocenters. The minimum atomic E-state index is -2.64. The van der Waals surface area contributed by atoms with Crippen molar-refractivity contribution >= 4 is 12.0 Å². The fraction of sp³-hybridized carbons (Fsp3) is 0.375. The maximum absolute atomic E-state index is 14.5. The third-order valence-corrected chi connectivity index (χ3v) is 3.69. The zero-order valence-electron chi connectivity index (χ0n) is 12.2. The maximum atomic E-state index is 14.5. The molecule has 1 N–H and O–H groups in total. The van der Waals surface area contributed by atoms with Gasteiger partial charge in [0.15, 0.2) is 0 Å². The van der Waals surface area contributed by atoms with Crippen LogP contribution in [-0.4, -0.2) is 46.4 Å². The molecule has 1 saturated heterocycles. The molecule has 0 aromatic heterocycles. The normalized spacial score (nSPS) is 21.9. The highest BCUT2D eigenvalue weighted by Gasteiger charge is 2.49. The molecule has 1 fully saturated rings. The lowest BCUT2D eigenvalue weighted by Gasteiger charge is -2.29. The summed E-state index contributed by atoms with van der Waals surface area (Å²) in [6, 6.07) is 8.60. The number of carbonyl (C=O) groups excluding carboxylic acids is 2. The Bertz CT molecular complexity index is 573. The largest absolute Gasteiger partial charge is 0.447 e. The number of nitrogens with zero attached hydrogens (tertiary/aromatic N) is 1. The van der Waals surface area contributed by atoms with Gasteiger partial charge in [0.05, 0.1) is 6.04 Å². The topological polar surface area (TPSA) is 66.8 Å². The van der Waals surface area contributed by atoms with Crippen molar-refractivity contribution in [1.82, 2.24) is 4.90 Å². The summed E-state index contributed by atoms with van der Waals surface area (Å²) in [6.45, 7) is 4.19. The summed E-state index contributed by atoms with van der Waals surface area (Å²) >= 11 is 0. The number of aliphatic hydroxyl groups excluding tert-OH is 1. The van der Waals surface area contributed by atoms with E-state index in [2.05, 4.69) is 6.58 Å². The predicted molar refractivity (Wildman–Crippen MR) is 77.8 cm³/mol. The zero-order chi connectivity index (χ0) is 16.3. The fourth-order valence-corrected chi connectivity index (χ4v) is 2.33. The molecule has 0 radical (unpaired) electrons. The van der Waals surface area contributed by atoms with Crippen LogP contribution < -0.4 is 0 Å². The Morgan fingerprint density at radius 3 is 2.82 bits per heavy atom. The second-order valence-corrected chi connectivity index (χ2v) is 5.35. The van der Waals surface area contributed by atoms with Crippen LogP contribution in [0.2, 0.25) is 0 Å². The van der Waals surface area contributed by atoms with Gasteiger partial charge in [0.25, 0.3) is 5.91 Å². The molecule has 1 aliphatic rings. The van der Waals surface area contributed by atoms with E-state index in [1.165, 1.54) is 0 Å². The number of rotatable bonds is 5. The van der Waals surface area contributed by atoms with Gasteiger partial charge in [0, 0.05) is 0 Å². The number of amides is 2. The van der Waals surface area contributed by atoms with Crippen molar-refractivity contribution in [2.75, 3.05) is 6.61 Å². The van der Waals surface area contributed by atoms with Gasteiger partial charge in [-0.1, -0.05) is 36.4 Å². The number of cyclic esters (lactones) is 1. The molecule has 22 heavy (non-hydrogen) atoms.